The Balaban J connectivity index is 1.72. The lowest BCUT2D eigenvalue weighted by Crippen LogP contribution is -2.32. The van der Waals surface area contributed by atoms with Gasteiger partial charge in [-0.15, -0.1) is 18.3 Å². The van der Waals surface area contributed by atoms with Crippen LogP contribution in [-0.2, 0) is 19.1 Å². The molecule has 0 saturated heterocycles. The zero-order valence-electron chi connectivity index (χ0n) is 25.8. The first-order chi connectivity index (χ1) is 22.4. The maximum atomic E-state index is 14.5. The van der Waals surface area contributed by atoms with Crippen LogP contribution in [0.25, 0.3) is 0 Å². The van der Waals surface area contributed by atoms with E-state index in [1.807, 2.05) is 13.8 Å². The van der Waals surface area contributed by atoms with E-state index >= 15 is 0 Å². The van der Waals surface area contributed by atoms with Crippen molar-refractivity contribution in [2.24, 2.45) is 0 Å². The number of esters is 1. The molecule has 0 fully saturated rings. The number of ether oxygens (including phenoxy) is 3. The van der Waals surface area contributed by atoms with Crippen molar-refractivity contribution in [3.05, 3.63) is 130 Å². The summed E-state index contributed by atoms with van der Waals surface area (Å²) in [6.45, 7) is 5.70. The standard InChI is InChI=1S/C35H30F3N3O6/c1-20(2)22-11-13-24(14-12-22)30(42)28-29(23-15-17-26(18-16-23)47-35(36,37)38)41(27-19-10-21(3)39-40-27)33(43)32(28)46-31(34(44)45-4)25-8-6-5-7-9-25/h5-20,29,31H,1-4H3. The molecular weight excluding hydrogens is 615 g/mol. The normalized spacial score (nSPS) is 15.5. The van der Waals surface area contributed by atoms with Crippen LogP contribution in [0, 0.1) is 6.92 Å². The molecule has 5 rings (SSSR count). The largest absolute Gasteiger partial charge is 0.573 e. The zero-order valence-corrected chi connectivity index (χ0v) is 25.8. The summed E-state index contributed by atoms with van der Waals surface area (Å²) in [7, 11) is 1.16. The van der Waals surface area contributed by atoms with Crippen LogP contribution in [0.1, 0.15) is 64.7 Å². The van der Waals surface area contributed by atoms with Crippen LogP contribution in [0.5, 0.6) is 5.75 Å². The van der Waals surface area contributed by atoms with Crippen LogP contribution in [0.3, 0.4) is 0 Å². The Hall–Kier alpha value is -5.52. The molecule has 3 aromatic carbocycles. The highest BCUT2D eigenvalue weighted by Gasteiger charge is 2.48. The SMILES string of the molecule is COC(=O)C(OC1=C(C(=O)c2ccc(C(C)C)cc2)C(c2ccc(OC(F)(F)F)cc2)N(c2ccc(C)nn2)C1=O)c1ccccc1. The number of hydrogen-bond acceptors (Lipinski definition) is 8. The van der Waals surface area contributed by atoms with Crippen molar-refractivity contribution in [2.45, 2.75) is 45.2 Å². The molecule has 1 aromatic heterocycles. The lowest BCUT2D eigenvalue weighted by atomic mass is 9.91. The molecule has 2 heterocycles. The van der Waals surface area contributed by atoms with Gasteiger partial charge >= 0.3 is 12.3 Å². The third kappa shape index (κ3) is 7.16. The number of halogens is 3. The zero-order chi connectivity index (χ0) is 33.9. The fourth-order valence-corrected chi connectivity index (χ4v) is 5.14. The van der Waals surface area contributed by atoms with E-state index in [1.54, 1.807) is 67.6 Å². The Morgan fingerprint density at radius 1 is 0.851 bits per heavy atom. The summed E-state index contributed by atoms with van der Waals surface area (Å²) < 4.78 is 54.1. The summed E-state index contributed by atoms with van der Waals surface area (Å²) in [5.41, 5.74) is 2.16. The van der Waals surface area contributed by atoms with Gasteiger partial charge in [0.1, 0.15) is 5.75 Å². The van der Waals surface area contributed by atoms with Crippen LogP contribution in [0.15, 0.2) is 102 Å². The van der Waals surface area contributed by atoms with Crippen molar-refractivity contribution in [1.82, 2.24) is 10.2 Å². The van der Waals surface area contributed by atoms with E-state index in [-0.39, 0.29) is 28.4 Å². The van der Waals surface area contributed by atoms with Gasteiger partial charge in [-0.25, -0.2) is 4.79 Å². The predicted octanol–water partition coefficient (Wildman–Crippen LogP) is 6.96. The number of aromatic nitrogens is 2. The number of alkyl halides is 3. The number of aryl methyl sites for hydroxylation is 1. The molecule has 0 bridgehead atoms. The Morgan fingerprint density at radius 3 is 2.06 bits per heavy atom. The highest BCUT2D eigenvalue weighted by atomic mass is 19.4. The summed E-state index contributed by atoms with van der Waals surface area (Å²) >= 11 is 0. The molecule has 0 spiro atoms. The smallest absolute Gasteiger partial charge is 0.468 e. The molecule has 47 heavy (non-hydrogen) atoms. The molecule has 1 amide bonds. The molecule has 242 valence electrons. The van der Waals surface area contributed by atoms with Gasteiger partial charge in [-0.05, 0) is 48.2 Å². The van der Waals surface area contributed by atoms with Gasteiger partial charge in [0.15, 0.2) is 17.4 Å². The third-order valence-electron chi connectivity index (χ3n) is 7.49. The number of anilines is 1. The Bertz CT molecular complexity index is 1790. The molecular formula is C35H30F3N3O6. The second kappa shape index (κ2) is 13.5. The van der Waals surface area contributed by atoms with Gasteiger partial charge < -0.3 is 14.2 Å². The average molecular weight is 646 g/mol. The highest BCUT2D eigenvalue weighted by molar-refractivity contribution is 6.21. The minimum Gasteiger partial charge on any atom is -0.468 e. The number of Topliss-reactive ketones (excluding diaryl/α,β-unsaturated/α-hetero) is 1. The number of hydrogen-bond donors (Lipinski definition) is 0. The molecule has 2 unspecified atom stereocenters. The fourth-order valence-electron chi connectivity index (χ4n) is 5.14. The maximum Gasteiger partial charge on any atom is 0.573 e. The van der Waals surface area contributed by atoms with E-state index in [1.165, 1.54) is 18.2 Å². The van der Waals surface area contributed by atoms with Gasteiger partial charge in [0.2, 0.25) is 6.10 Å². The van der Waals surface area contributed by atoms with Crippen LogP contribution in [0.2, 0.25) is 0 Å². The molecule has 0 N–H and O–H groups in total. The number of benzene rings is 3. The van der Waals surface area contributed by atoms with Crippen LogP contribution in [-0.4, -0.2) is 41.3 Å². The summed E-state index contributed by atoms with van der Waals surface area (Å²) in [5.74, 6) is -3.00. The van der Waals surface area contributed by atoms with Crippen molar-refractivity contribution < 1.29 is 41.8 Å². The summed E-state index contributed by atoms with van der Waals surface area (Å²) in [5, 5.41) is 8.23. The fraction of sp³-hybridized carbons (Fsp3) is 0.229. The number of rotatable bonds is 10. The molecule has 12 heteroatoms. The number of carbonyl (C=O) groups excluding carboxylic acids is 3. The third-order valence-corrected chi connectivity index (χ3v) is 7.49. The van der Waals surface area contributed by atoms with E-state index < -0.39 is 47.7 Å². The maximum absolute atomic E-state index is 14.5. The first-order valence-corrected chi connectivity index (χ1v) is 14.6. The summed E-state index contributed by atoms with van der Waals surface area (Å²) in [6.07, 6.45) is -6.38. The Kier molecular flexibility index (Phi) is 9.41. The molecule has 0 aliphatic carbocycles. The number of ketones is 1. The van der Waals surface area contributed by atoms with E-state index in [4.69, 9.17) is 9.47 Å². The average Bonchev–Trinajstić information content (AvgIpc) is 3.34. The molecule has 9 nitrogen and oxygen atoms in total. The molecule has 0 radical (unpaired) electrons. The van der Waals surface area contributed by atoms with Gasteiger partial charge in [0.25, 0.3) is 5.91 Å². The number of nitrogens with zero attached hydrogens (tertiary/aromatic N) is 3. The van der Waals surface area contributed by atoms with Gasteiger partial charge in [0.05, 0.1) is 24.4 Å². The number of carbonyl (C=O) groups is 3. The van der Waals surface area contributed by atoms with Gasteiger partial charge in [-0.1, -0.05) is 80.6 Å². The van der Waals surface area contributed by atoms with Crippen molar-refractivity contribution in [2.75, 3.05) is 12.0 Å². The first-order valence-electron chi connectivity index (χ1n) is 14.6. The summed E-state index contributed by atoms with van der Waals surface area (Å²) in [4.78, 5) is 43.1. The van der Waals surface area contributed by atoms with Crippen molar-refractivity contribution >= 4 is 23.5 Å². The monoisotopic (exact) mass is 645 g/mol. The van der Waals surface area contributed by atoms with E-state index in [0.29, 0.717) is 11.3 Å². The van der Waals surface area contributed by atoms with Crippen LogP contribution < -0.4 is 9.64 Å². The molecule has 0 saturated carbocycles. The van der Waals surface area contributed by atoms with Crippen LogP contribution >= 0.6 is 0 Å². The van der Waals surface area contributed by atoms with Gasteiger partial charge in [-0.2, -0.15) is 5.10 Å². The van der Waals surface area contributed by atoms with E-state index in [0.717, 1.165) is 29.7 Å². The molecule has 1 aliphatic heterocycles. The molecule has 2 atom stereocenters. The second-order valence-electron chi connectivity index (χ2n) is 11.0. The van der Waals surface area contributed by atoms with E-state index in [9.17, 15) is 27.6 Å². The predicted molar refractivity (Wildman–Crippen MR) is 164 cm³/mol. The Morgan fingerprint density at radius 2 is 1.51 bits per heavy atom. The minimum absolute atomic E-state index is 0.0367. The minimum atomic E-state index is -4.93. The van der Waals surface area contributed by atoms with E-state index in [2.05, 4.69) is 14.9 Å². The van der Waals surface area contributed by atoms with Crippen molar-refractivity contribution in [3.8, 4) is 5.75 Å². The van der Waals surface area contributed by atoms with Gasteiger partial charge in [0, 0.05) is 11.1 Å². The van der Waals surface area contributed by atoms with Crippen molar-refractivity contribution in [3.63, 3.8) is 0 Å². The highest BCUT2D eigenvalue weighted by Crippen LogP contribution is 2.44. The van der Waals surface area contributed by atoms with Gasteiger partial charge in [-0.3, -0.25) is 14.5 Å². The lowest BCUT2D eigenvalue weighted by Gasteiger charge is -2.26. The van der Waals surface area contributed by atoms with Crippen LogP contribution in [0.4, 0.5) is 19.0 Å². The Labute approximate surface area is 268 Å². The number of amides is 1. The summed E-state index contributed by atoms with van der Waals surface area (Å²) in [6, 6.07) is 21.7. The van der Waals surface area contributed by atoms with Crippen molar-refractivity contribution in [1.29, 1.82) is 0 Å². The molecule has 4 aromatic rings. The topological polar surface area (TPSA) is 108 Å². The lowest BCUT2D eigenvalue weighted by molar-refractivity contribution is -0.274. The number of methoxy groups -OCH3 is 1. The second-order valence-corrected chi connectivity index (χ2v) is 11.0. The quantitative estimate of drug-likeness (QED) is 0.135. The molecule has 1 aliphatic rings. The first kappa shape index (κ1) is 32.9.